The summed E-state index contributed by atoms with van der Waals surface area (Å²) >= 11 is 5.87. The van der Waals surface area contributed by atoms with Crippen molar-refractivity contribution in [3.8, 4) is 0 Å². The molecular weight excluding hydrogens is 342 g/mol. The van der Waals surface area contributed by atoms with Gasteiger partial charge in [0.1, 0.15) is 0 Å². The lowest BCUT2D eigenvalue weighted by Crippen LogP contribution is -2.37. The zero-order valence-electron chi connectivity index (χ0n) is 13.8. The van der Waals surface area contributed by atoms with Gasteiger partial charge in [0.05, 0.1) is 7.11 Å². The lowest BCUT2D eigenvalue weighted by atomic mass is 9.89. The number of Topliss-reactive ketones (excluding diaryl/α,β-unsaturated/α-hetero) is 1. The van der Waals surface area contributed by atoms with Crippen LogP contribution in [0.3, 0.4) is 0 Å². The highest BCUT2D eigenvalue weighted by Crippen LogP contribution is 2.25. The van der Waals surface area contributed by atoms with Gasteiger partial charge in [-0.25, -0.2) is 4.79 Å². The maximum absolute atomic E-state index is 12.6. The number of ether oxygens (including phenoxy) is 1. The molecule has 3 rings (SSSR count). The molecule has 0 unspecified atom stereocenters. The molecule has 1 aliphatic rings. The topological polar surface area (TPSA) is 72.4 Å². The van der Waals surface area contributed by atoms with E-state index in [1.165, 1.54) is 7.11 Å². The van der Waals surface area contributed by atoms with Crippen LogP contribution in [0.15, 0.2) is 36.4 Å². The molecule has 0 spiro atoms. The molecule has 25 heavy (non-hydrogen) atoms. The average molecular weight is 360 g/mol. The standard InChI is InChI=1S/C18H18ClN3O3/c1-25-18(24)15-6-7-16(21-20-15)22-10-8-13(9-11-22)17(23)12-2-4-14(19)5-3-12/h2-7,13H,8-11H2,1H3. The van der Waals surface area contributed by atoms with E-state index in [4.69, 9.17) is 11.6 Å². The Balaban J connectivity index is 1.60. The van der Waals surface area contributed by atoms with E-state index in [0.717, 1.165) is 25.9 Å². The Morgan fingerprint density at radius 1 is 1.08 bits per heavy atom. The second kappa shape index (κ2) is 7.61. The van der Waals surface area contributed by atoms with E-state index in [0.29, 0.717) is 16.4 Å². The molecule has 0 amide bonds. The maximum atomic E-state index is 12.6. The van der Waals surface area contributed by atoms with Gasteiger partial charge in [-0.2, -0.15) is 0 Å². The van der Waals surface area contributed by atoms with Gasteiger partial charge in [-0.1, -0.05) is 11.6 Å². The number of ketones is 1. The highest BCUT2D eigenvalue weighted by molar-refractivity contribution is 6.30. The van der Waals surface area contributed by atoms with Crippen molar-refractivity contribution in [1.29, 1.82) is 0 Å². The molecular formula is C18H18ClN3O3. The average Bonchev–Trinajstić information content (AvgIpc) is 2.67. The number of hydrogen-bond donors (Lipinski definition) is 0. The Morgan fingerprint density at radius 2 is 1.76 bits per heavy atom. The van der Waals surface area contributed by atoms with Gasteiger partial charge in [0.2, 0.25) is 0 Å². The summed E-state index contributed by atoms with van der Waals surface area (Å²) in [4.78, 5) is 26.0. The van der Waals surface area contributed by atoms with E-state index in [-0.39, 0.29) is 17.4 Å². The van der Waals surface area contributed by atoms with Crippen LogP contribution >= 0.6 is 11.6 Å². The second-order valence-corrected chi connectivity index (χ2v) is 6.34. The first-order valence-corrected chi connectivity index (χ1v) is 8.43. The number of rotatable bonds is 4. The predicted molar refractivity (Wildman–Crippen MR) is 94.1 cm³/mol. The van der Waals surface area contributed by atoms with Crippen LogP contribution in [-0.2, 0) is 4.74 Å². The van der Waals surface area contributed by atoms with Gasteiger partial charge in [-0.3, -0.25) is 4.79 Å². The summed E-state index contributed by atoms with van der Waals surface area (Å²) < 4.78 is 4.61. The van der Waals surface area contributed by atoms with Crippen LogP contribution < -0.4 is 4.90 Å². The van der Waals surface area contributed by atoms with Crippen molar-refractivity contribution in [3.63, 3.8) is 0 Å². The molecule has 7 heteroatoms. The fraction of sp³-hybridized carbons (Fsp3) is 0.333. The number of hydrogen-bond acceptors (Lipinski definition) is 6. The maximum Gasteiger partial charge on any atom is 0.358 e. The minimum Gasteiger partial charge on any atom is -0.464 e. The van der Waals surface area contributed by atoms with E-state index in [2.05, 4.69) is 19.8 Å². The van der Waals surface area contributed by atoms with Crippen molar-refractivity contribution < 1.29 is 14.3 Å². The Bertz CT molecular complexity index is 754. The molecule has 1 fully saturated rings. The van der Waals surface area contributed by atoms with E-state index in [1.807, 2.05) is 0 Å². The number of piperidine rings is 1. The van der Waals surface area contributed by atoms with Crippen LogP contribution in [0.1, 0.15) is 33.7 Å². The molecule has 0 atom stereocenters. The zero-order valence-corrected chi connectivity index (χ0v) is 14.6. The second-order valence-electron chi connectivity index (χ2n) is 5.90. The summed E-state index contributed by atoms with van der Waals surface area (Å²) in [5, 5.41) is 8.60. The number of aromatic nitrogens is 2. The molecule has 0 saturated carbocycles. The molecule has 0 N–H and O–H groups in total. The number of carbonyl (C=O) groups is 2. The fourth-order valence-electron chi connectivity index (χ4n) is 2.93. The largest absolute Gasteiger partial charge is 0.464 e. The van der Waals surface area contributed by atoms with Crippen molar-refractivity contribution in [3.05, 3.63) is 52.7 Å². The summed E-state index contributed by atoms with van der Waals surface area (Å²) in [5.41, 5.74) is 0.879. The van der Waals surface area contributed by atoms with Crippen LogP contribution in [0.2, 0.25) is 5.02 Å². The van der Waals surface area contributed by atoms with Crippen molar-refractivity contribution in [2.24, 2.45) is 5.92 Å². The van der Waals surface area contributed by atoms with Gasteiger partial charge < -0.3 is 9.64 Å². The summed E-state index contributed by atoms with van der Waals surface area (Å²) in [6.45, 7) is 1.44. The first kappa shape index (κ1) is 17.4. The van der Waals surface area contributed by atoms with Gasteiger partial charge in [-0.15, -0.1) is 10.2 Å². The number of benzene rings is 1. The van der Waals surface area contributed by atoms with Crippen LogP contribution in [0.25, 0.3) is 0 Å². The molecule has 6 nitrogen and oxygen atoms in total. The molecule has 1 aromatic carbocycles. The van der Waals surface area contributed by atoms with Crippen molar-refractivity contribution >= 4 is 29.2 Å². The Kier molecular flexibility index (Phi) is 5.28. The summed E-state index contributed by atoms with van der Waals surface area (Å²) in [6.07, 6.45) is 1.50. The van der Waals surface area contributed by atoms with Gasteiger partial charge in [0.15, 0.2) is 17.3 Å². The van der Waals surface area contributed by atoms with E-state index >= 15 is 0 Å². The Labute approximate surface area is 150 Å². The number of methoxy groups -OCH3 is 1. The van der Waals surface area contributed by atoms with Crippen molar-refractivity contribution in [2.75, 3.05) is 25.1 Å². The summed E-state index contributed by atoms with van der Waals surface area (Å²) in [5.74, 6) is 0.347. The Morgan fingerprint density at radius 3 is 2.32 bits per heavy atom. The first-order chi connectivity index (χ1) is 12.1. The molecule has 1 aromatic heterocycles. The third kappa shape index (κ3) is 3.96. The van der Waals surface area contributed by atoms with Crippen molar-refractivity contribution in [1.82, 2.24) is 10.2 Å². The minimum atomic E-state index is -0.508. The molecule has 1 saturated heterocycles. The monoisotopic (exact) mass is 359 g/mol. The molecule has 0 aliphatic carbocycles. The highest BCUT2D eigenvalue weighted by atomic mass is 35.5. The third-order valence-corrected chi connectivity index (χ3v) is 4.62. The molecule has 130 valence electrons. The van der Waals surface area contributed by atoms with Crippen LogP contribution in [0.5, 0.6) is 0 Å². The summed E-state index contributed by atoms with van der Waals surface area (Å²) in [7, 11) is 1.31. The van der Waals surface area contributed by atoms with E-state index < -0.39 is 5.97 Å². The van der Waals surface area contributed by atoms with Crippen LogP contribution in [0.4, 0.5) is 5.82 Å². The van der Waals surface area contributed by atoms with Crippen LogP contribution in [-0.4, -0.2) is 42.1 Å². The normalized spacial score (nSPS) is 15.0. The number of esters is 1. The molecule has 1 aliphatic heterocycles. The zero-order chi connectivity index (χ0) is 17.8. The smallest absolute Gasteiger partial charge is 0.358 e. The molecule has 2 aromatic rings. The predicted octanol–water partition coefficient (Wildman–Crippen LogP) is 3.02. The van der Waals surface area contributed by atoms with Gasteiger partial charge >= 0.3 is 5.97 Å². The van der Waals surface area contributed by atoms with Crippen molar-refractivity contribution in [2.45, 2.75) is 12.8 Å². The fourth-order valence-corrected chi connectivity index (χ4v) is 3.05. The molecule has 0 bridgehead atoms. The number of nitrogens with zero attached hydrogens (tertiary/aromatic N) is 3. The van der Waals surface area contributed by atoms with Gasteiger partial charge in [0, 0.05) is 29.6 Å². The van der Waals surface area contributed by atoms with E-state index in [1.54, 1.807) is 36.4 Å². The number of anilines is 1. The summed E-state index contributed by atoms with van der Waals surface area (Å²) in [6, 6.07) is 10.4. The van der Waals surface area contributed by atoms with Crippen LogP contribution in [0, 0.1) is 5.92 Å². The SMILES string of the molecule is COC(=O)c1ccc(N2CCC(C(=O)c3ccc(Cl)cc3)CC2)nn1. The quantitative estimate of drug-likeness (QED) is 0.617. The highest BCUT2D eigenvalue weighted by Gasteiger charge is 2.26. The lowest BCUT2D eigenvalue weighted by Gasteiger charge is -2.31. The molecule has 2 heterocycles. The Hall–Kier alpha value is -2.47. The first-order valence-electron chi connectivity index (χ1n) is 8.05. The van der Waals surface area contributed by atoms with Gasteiger partial charge in [-0.05, 0) is 49.2 Å². The third-order valence-electron chi connectivity index (χ3n) is 4.36. The lowest BCUT2D eigenvalue weighted by molar-refractivity contribution is 0.0592. The van der Waals surface area contributed by atoms with Gasteiger partial charge in [0.25, 0.3) is 0 Å². The van der Waals surface area contributed by atoms with E-state index in [9.17, 15) is 9.59 Å². The minimum absolute atomic E-state index is 0.000253. The molecule has 0 radical (unpaired) electrons. The number of halogens is 1. The number of carbonyl (C=O) groups excluding carboxylic acids is 2.